The van der Waals surface area contributed by atoms with Gasteiger partial charge < -0.3 is 4.57 Å². The summed E-state index contributed by atoms with van der Waals surface area (Å²) in [4.78, 5) is 15.2. The molecule has 0 N–H and O–H groups in total. The van der Waals surface area contributed by atoms with Crippen LogP contribution < -0.4 is 0 Å². The molecule has 2 bridgehead atoms. The van der Waals surface area contributed by atoms with Gasteiger partial charge in [0.25, 0.3) is 0 Å². The Labute approximate surface area is 293 Å². The standard InChI is InChI=1S/C45H39N5/c1-29-22-32-23-30(2)26-45(25-29,27-32)36-17-14-34(15-18-36)43-47-42(33-8-4-3-5-9-33)48-44(49-43)35-16-21-41-39(24-35)38-10-6-7-11-40(38)50(41)37-19-12-31(28-46)13-20-37/h3-21,24,29-30,32H,22-23,25-27H2,1-2H3/t29-,30+,32-,45?. The van der Waals surface area contributed by atoms with Crippen LogP contribution in [0.5, 0.6) is 0 Å². The van der Waals surface area contributed by atoms with Crippen molar-refractivity contribution in [2.24, 2.45) is 17.8 Å². The van der Waals surface area contributed by atoms with E-state index < -0.39 is 0 Å². The summed E-state index contributed by atoms with van der Waals surface area (Å²) in [5.41, 5.74) is 8.52. The Kier molecular flexibility index (Phi) is 7.35. The van der Waals surface area contributed by atoms with Crippen molar-refractivity contribution in [2.75, 3.05) is 0 Å². The first-order chi connectivity index (χ1) is 24.5. The van der Waals surface area contributed by atoms with Crippen molar-refractivity contribution in [3.63, 3.8) is 0 Å². The average molecular weight is 650 g/mol. The van der Waals surface area contributed by atoms with Crippen LogP contribution in [0.2, 0.25) is 0 Å². The molecule has 7 aromatic rings. The summed E-state index contributed by atoms with van der Waals surface area (Å²) in [7, 11) is 0. The number of hydrogen-bond acceptors (Lipinski definition) is 4. The molecule has 2 saturated carbocycles. The summed E-state index contributed by atoms with van der Waals surface area (Å²) in [6, 6.07) is 44.3. The van der Waals surface area contributed by atoms with Crippen LogP contribution in [0, 0.1) is 29.1 Å². The Morgan fingerprint density at radius 3 is 1.86 bits per heavy atom. The number of fused-ring (bicyclic) bond motifs is 5. The van der Waals surface area contributed by atoms with E-state index in [1.165, 1.54) is 37.7 Å². The normalized spacial score (nSPS) is 21.7. The summed E-state index contributed by atoms with van der Waals surface area (Å²) in [6.45, 7) is 4.90. The maximum absolute atomic E-state index is 9.37. The van der Waals surface area contributed by atoms with Gasteiger partial charge in [-0.2, -0.15) is 5.26 Å². The van der Waals surface area contributed by atoms with Gasteiger partial charge >= 0.3 is 0 Å². The number of hydrogen-bond donors (Lipinski definition) is 0. The summed E-state index contributed by atoms with van der Waals surface area (Å²) >= 11 is 0. The molecule has 9 rings (SSSR count). The van der Waals surface area contributed by atoms with E-state index in [1.54, 1.807) is 0 Å². The Morgan fingerprint density at radius 2 is 1.18 bits per heavy atom. The Morgan fingerprint density at radius 1 is 0.600 bits per heavy atom. The van der Waals surface area contributed by atoms with Crippen molar-refractivity contribution in [3.05, 3.63) is 132 Å². The number of aromatic nitrogens is 4. The Bertz CT molecular complexity index is 2380. The zero-order valence-electron chi connectivity index (χ0n) is 28.6. The molecule has 2 aliphatic rings. The monoisotopic (exact) mass is 649 g/mol. The van der Waals surface area contributed by atoms with Crippen molar-refractivity contribution in [3.8, 4) is 45.9 Å². The fourth-order valence-electron chi connectivity index (χ4n) is 9.46. The summed E-state index contributed by atoms with van der Waals surface area (Å²) < 4.78 is 2.26. The minimum atomic E-state index is 0.282. The van der Waals surface area contributed by atoms with Gasteiger partial charge in [0, 0.05) is 33.2 Å². The van der Waals surface area contributed by atoms with Crippen LogP contribution in [0.4, 0.5) is 0 Å². The molecule has 0 amide bonds. The minimum absolute atomic E-state index is 0.282. The molecule has 0 aliphatic heterocycles. The minimum Gasteiger partial charge on any atom is -0.309 e. The van der Waals surface area contributed by atoms with Crippen LogP contribution in [0.25, 0.3) is 61.7 Å². The number of rotatable bonds is 5. The van der Waals surface area contributed by atoms with Gasteiger partial charge in [-0.3, -0.25) is 0 Å². The molecule has 0 radical (unpaired) electrons. The number of para-hydroxylation sites is 1. The van der Waals surface area contributed by atoms with Crippen LogP contribution in [0.15, 0.2) is 121 Å². The highest BCUT2D eigenvalue weighted by Gasteiger charge is 2.45. The number of benzene rings is 5. The second-order valence-corrected chi connectivity index (χ2v) is 14.9. The second kappa shape index (κ2) is 12.1. The third-order valence-corrected chi connectivity index (χ3v) is 11.2. The van der Waals surface area contributed by atoms with Gasteiger partial charge in [0.1, 0.15) is 0 Å². The third kappa shape index (κ3) is 5.27. The molecule has 5 nitrogen and oxygen atoms in total. The lowest BCUT2D eigenvalue weighted by Gasteiger charge is -2.50. The first-order valence-electron chi connectivity index (χ1n) is 17.9. The fraction of sp³-hybridized carbons (Fsp3) is 0.244. The maximum atomic E-state index is 9.37. The summed E-state index contributed by atoms with van der Waals surface area (Å²) in [5, 5.41) is 11.6. The lowest BCUT2D eigenvalue weighted by molar-refractivity contribution is 0.0780. The first-order valence-corrected chi connectivity index (χ1v) is 17.9. The molecule has 1 unspecified atom stereocenters. The third-order valence-electron chi connectivity index (χ3n) is 11.2. The second-order valence-electron chi connectivity index (χ2n) is 14.9. The molecule has 2 aliphatic carbocycles. The van der Waals surface area contributed by atoms with Crippen molar-refractivity contribution in [2.45, 2.75) is 51.4 Å². The van der Waals surface area contributed by atoms with E-state index in [9.17, 15) is 5.26 Å². The molecule has 2 heterocycles. The van der Waals surface area contributed by atoms with Crippen LogP contribution in [-0.4, -0.2) is 19.5 Å². The topological polar surface area (TPSA) is 67.4 Å². The lowest BCUT2D eigenvalue weighted by Crippen LogP contribution is -2.42. The fourth-order valence-corrected chi connectivity index (χ4v) is 9.46. The zero-order valence-corrected chi connectivity index (χ0v) is 28.6. The van der Waals surface area contributed by atoms with Gasteiger partial charge in [0.15, 0.2) is 17.5 Å². The largest absolute Gasteiger partial charge is 0.309 e. The lowest BCUT2D eigenvalue weighted by atomic mass is 9.54. The molecule has 2 aromatic heterocycles. The van der Waals surface area contributed by atoms with Crippen LogP contribution in [0.3, 0.4) is 0 Å². The van der Waals surface area contributed by atoms with E-state index in [0.717, 1.165) is 61.9 Å². The first kappa shape index (κ1) is 30.5. The smallest absolute Gasteiger partial charge is 0.164 e. The van der Waals surface area contributed by atoms with E-state index >= 15 is 0 Å². The van der Waals surface area contributed by atoms with E-state index in [1.807, 2.05) is 42.5 Å². The molecule has 244 valence electrons. The highest BCUT2D eigenvalue weighted by molar-refractivity contribution is 6.10. The molecule has 5 aromatic carbocycles. The summed E-state index contributed by atoms with van der Waals surface area (Å²) in [6.07, 6.45) is 6.64. The van der Waals surface area contributed by atoms with Crippen molar-refractivity contribution in [1.82, 2.24) is 19.5 Å². The quantitative estimate of drug-likeness (QED) is 0.186. The van der Waals surface area contributed by atoms with Crippen molar-refractivity contribution < 1.29 is 0 Å². The maximum Gasteiger partial charge on any atom is 0.164 e. The predicted octanol–water partition coefficient (Wildman–Crippen LogP) is 10.9. The zero-order chi connectivity index (χ0) is 33.8. The molecular formula is C45H39N5. The molecule has 0 saturated heterocycles. The van der Waals surface area contributed by atoms with E-state index in [4.69, 9.17) is 15.0 Å². The van der Waals surface area contributed by atoms with E-state index in [0.29, 0.717) is 23.0 Å². The molecular weight excluding hydrogens is 611 g/mol. The summed E-state index contributed by atoms with van der Waals surface area (Å²) in [5.74, 6) is 4.39. The SMILES string of the molecule is C[C@@H]1C[C@@H]2C[C@H](C)CC(c3ccc(-c4nc(-c5ccccc5)nc(-c5ccc6c(c5)c5ccccc5n6-c5ccc(C#N)cc5)n4)cc3)(C1)C2. The van der Waals surface area contributed by atoms with Crippen LogP contribution in [-0.2, 0) is 5.41 Å². The van der Waals surface area contributed by atoms with Crippen molar-refractivity contribution in [1.29, 1.82) is 5.26 Å². The molecule has 50 heavy (non-hydrogen) atoms. The molecule has 2 fully saturated rings. The highest BCUT2D eigenvalue weighted by atomic mass is 15.0. The molecule has 0 spiro atoms. The average Bonchev–Trinajstić information content (AvgIpc) is 3.48. The number of nitrogens with zero attached hydrogens (tertiary/aromatic N) is 5. The molecule has 5 heteroatoms. The predicted molar refractivity (Wildman–Crippen MR) is 202 cm³/mol. The Balaban J connectivity index is 1.16. The van der Waals surface area contributed by atoms with Gasteiger partial charge in [-0.15, -0.1) is 0 Å². The van der Waals surface area contributed by atoms with Gasteiger partial charge in [0.2, 0.25) is 0 Å². The van der Waals surface area contributed by atoms with Crippen LogP contribution in [0.1, 0.15) is 57.1 Å². The van der Waals surface area contributed by atoms with Crippen LogP contribution >= 0.6 is 0 Å². The van der Waals surface area contributed by atoms with Gasteiger partial charge in [-0.1, -0.05) is 86.6 Å². The van der Waals surface area contributed by atoms with Gasteiger partial charge in [0.05, 0.1) is 22.7 Å². The van der Waals surface area contributed by atoms with E-state index in [-0.39, 0.29) is 5.41 Å². The van der Waals surface area contributed by atoms with E-state index in [2.05, 4.69) is 103 Å². The van der Waals surface area contributed by atoms with Gasteiger partial charge in [-0.05, 0) is 109 Å². The Hall–Kier alpha value is -5.60. The molecule has 4 atom stereocenters. The number of nitriles is 1. The highest BCUT2D eigenvalue weighted by Crippen LogP contribution is 2.54. The van der Waals surface area contributed by atoms with Gasteiger partial charge in [-0.25, -0.2) is 15.0 Å². The van der Waals surface area contributed by atoms with Crippen molar-refractivity contribution >= 4 is 21.8 Å².